The molecular weight excluding hydrogens is 226 g/mol. The second kappa shape index (κ2) is 5.09. The van der Waals surface area contributed by atoms with E-state index in [2.05, 4.69) is 20.0 Å². The molecule has 0 radical (unpaired) electrons. The zero-order valence-electron chi connectivity index (χ0n) is 8.85. The zero-order valence-corrected chi connectivity index (χ0v) is 9.61. The van der Waals surface area contributed by atoms with Gasteiger partial charge in [-0.15, -0.1) is 0 Å². The van der Waals surface area contributed by atoms with Gasteiger partial charge in [0.25, 0.3) is 0 Å². The molecule has 0 saturated carbocycles. The van der Waals surface area contributed by atoms with Gasteiger partial charge >= 0.3 is 0 Å². The molecular formula is C11H12ClN3O. The molecule has 1 atom stereocenters. The van der Waals surface area contributed by atoms with Gasteiger partial charge < -0.3 is 9.84 Å². The van der Waals surface area contributed by atoms with Crippen molar-refractivity contribution in [3.05, 3.63) is 47.1 Å². The summed E-state index contributed by atoms with van der Waals surface area (Å²) in [4.78, 5) is 3.93. The van der Waals surface area contributed by atoms with E-state index < -0.39 is 0 Å². The molecule has 2 aromatic rings. The summed E-state index contributed by atoms with van der Waals surface area (Å²) in [6.45, 7) is 2.60. The zero-order chi connectivity index (χ0) is 11.4. The lowest BCUT2D eigenvalue weighted by Crippen LogP contribution is -2.19. The van der Waals surface area contributed by atoms with Crippen LogP contribution >= 0.6 is 11.6 Å². The predicted octanol–water partition coefficient (Wildman–Crippen LogP) is 2.57. The van der Waals surface area contributed by atoms with Crippen LogP contribution in [-0.2, 0) is 6.54 Å². The maximum absolute atomic E-state index is 6.09. The van der Waals surface area contributed by atoms with Crippen LogP contribution in [0.15, 0.2) is 35.2 Å². The number of benzene rings is 1. The molecule has 0 bridgehead atoms. The maximum Gasteiger partial charge on any atom is 0.213 e. The molecule has 0 amide bonds. The van der Waals surface area contributed by atoms with E-state index >= 15 is 0 Å². The van der Waals surface area contributed by atoms with Gasteiger partial charge in [0, 0.05) is 11.1 Å². The molecule has 0 aliphatic carbocycles. The van der Waals surface area contributed by atoms with Crippen molar-refractivity contribution in [2.24, 2.45) is 0 Å². The first kappa shape index (κ1) is 11.1. The highest BCUT2D eigenvalue weighted by Gasteiger charge is 2.09. The van der Waals surface area contributed by atoms with Gasteiger partial charge in [-0.3, -0.25) is 0 Å². The Morgan fingerprint density at radius 2 is 2.25 bits per heavy atom. The lowest BCUT2D eigenvalue weighted by molar-refractivity contribution is 0.405. The normalized spacial score (nSPS) is 12.6. The van der Waals surface area contributed by atoms with Crippen LogP contribution in [-0.4, -0.2) is 10.1 Å². The molecule has 0 spiro atoms. The minimum atomic E-state index is 0.146. The summed E-state index contributed by atoms with van der Waals surface area (Å²) in [6.07, 6.45) is 1.32. The third-order valence-corrected chi connectivity index (χ3v) is 2.69. The number of nitrogens with one attached hydrogen (secondary N) is 1. The van der Waals surface area contributed by atoms with Gasteiger partial charge in [-0.25, -0.2) is 0 Å². The Morgan fingerprint density at radius 3 is 2.94 bits per heavy atom. The van der Waals surface area contributed by atoms with Crippen molar-refractivity contribution in [3.63, 3.8) is 0 Å². The highest BCUT2D eigenvalue weighted by Crippen LogP contribution is 2.22. The number of aromatic nitrogens is 2. The van der Waals surface area contributed by atoms with E-state index in [0.717, 1.165) is 10.6 Å². The molecule has 84 valence electrons. The summed E-state index contributed by atoms with van der Waals surface area (Å²) in [6, 6.07) is 7.90. The molecule has 1 aromatic heterocycles. The van der Waals surface area contributed by atoms with Gasteiger partial charge in [-0.1, -0.05) is 35.0 Å². The number of halogens is 1. The van der Waals surface area contributed by atoms with E-state index in [1.54, 1.807) is 0 Å². The highest BCUT2D eigenvalue weighted by atomic mass is 35.5. The largest absolute Gasteiger partial charge is 0.343 e. The van der Waals surface area contributed by atoms with E-state index in [4.69, 9.17) is 11.6 Å². The highest BCUT2D eigenvalue weighted by molar-refractivity contribution is 6.31. The van der Waals surface area contributed by atoms with E-state index in [0.29, 0.717) is 12.4 Å². The average molecular weight is 238 g/mol. The van der Waals surface area contributed by atoms with Gasteiger partial charge in [-0.05, 0) is 18.6 Å². The first-order valence-corrected chi connectivity index (χ1v) is 5.38. The second-order valence-electron chi connectivity index (χ2n) is 3.47. The van der Waals surface area contributed by atoms with Crippen LogP contribution in [0, 0.1) is 0 Å². The summed E-state index contributed by atoms with van der Waals surface area (Å²) >= 11 is 6.09. The molecule has 1 unspecified atom stereocenters. The van der Waals surface area contributed by atoms with Crippen molar-refractivity contribution in [3.8, 4) is 0 Å². The number of hydrogen-bond acceptors (Lipinski definition) is 4. The predicted molar refractivity (Wildman–Crippen MR) is 61.0 cm³/mol. The van der Waals surface area contributed by atoms with Gasteiger partial charge in [0.05, 0.1) is 6.54 Å². The molecule has 1 N–H and O–H groups in total. The summed E-state index contributed by atoms with van der Waals surface area (Å²) in [5.74, 6) is 0.638. The minimum Gasteiger partial charge on any atom is -0.343 e. The van der Waals surface area contributed by atoms with Crippen LogP contribution in [0.4, 0.5) is 0 Å². The molecule has 4 nitrogen and oxygen atoms in total. The summed E-state index contributed by atoms with van der Waals surface area (Å²) < 4.78 is 4.65. The number of rotatable bonds is 4. The summed E-state index contributed by atoms with van der Waals surface area (Å²) in [7, 11) is 0. The van der Waals surface area contributed by atoms with Crippen molar-refractivity contribution in [2.45, 2.75) is 19.5 Å². The molecule has 0 fully saturated rings. The molecule has 2 rings (SSSR count). The lowest BCUT2D eigenvalue weighted by Gasteiger charge is -2.14. The minimum absolute atomic E-state index is 0.146. The molecule has 5 heteroatoms. The second-order valence-corrected chi connectivity index (χ2v) is 3.88. The Bertz CT molecular complexity index is 444. The van der Waals surface area contributed by atoms with Crippen LogP contribution in [0.25, 0.3) is 0 Å². The smallest absolute Gasteiger partial charge is 0.213 e. The Balaban J connectivity index is 1.98. The van der Waals surface area contributed by atoms with Crippen LogP contribution < -0.4 is 5.32 Å². The number of nitrogens with zero attached hydrogens (tertiary/aromatic N) is 2. The molecule has 16 heavy (non-hydrogen) atoms. The molecule has 0 aliphatic rings. The van der Waals surface area contributed by atoms with Crippen molar-refractivity contribution in [1.82, 2.24) is 15.5 Å². The maximum atomic E-state index is 6.09. The van der Waals surface area contributed by atoms with Crippen molar-refractivity contribution in [2.75, 3.05) is 0 Å². The van der Waals surface area contributed by atoms with E-state index in [1.807, 2.05) is 31.2 Å². The Kier molecular flexibility index (Phi) is 3.54. The van der Waals surface area contributed by atoms with Crippen molar-refractivity contribution in [1.29, 1.82) is 0 Å². The van der Waals surface area contributed by atoms with Crippen LogP contribution in [0.1, 0.15) is 24.4 Å². The standard InChI is InChI=1S/C11H12ClN3O/c1-8(9-4-2-3-5-10(9)12)13-6-11-14-7-16-15-11/h2-5,7-8,13H,6H2,1H3. The van der Waals surface area contributed by atoms with Crippen molar-refractivity contribution >= 4 is 11.6 Å². The van der Waals surface area contributed by atoms with Crippen LogP contribution in [0.2, 0.25) is 5.02 Å². The van der Waals surface area contributed by atoms with E-state index in [9.17, 15) is 0 Å². The van der Waals surface area contributed by atoms with Crippen LogP contribution in [0.3, 0.4) is 0 Å². The average Bonchev–Trinajstić information content (AvgIpc) is 2.79. The van der Waals surface area contributed by atoms with E-state index in [-0.39, 0.29) is 6.04 Å². The molecule has 1 aromatic carbocycles. The molecule has 1 heterocycles. The van der Waals surface area contributed by atoms with Gasteiger partial charge in [-0.2, -0.15) is 4.98 Å². The first-order valence-electron chi connectivity index (χ1n) is 5.00. The molecule has 0 aliphatic heterocycles. The SMILES string of the molecule is CC(NCc1ncon1)c1ccccc1Cl. The van der Waals surface area contributed by atoms with Crippen LogP contribution in [0.5, 0.6) is 0 Å². The topological polar surface area (TPSA) is 51.0 Å². The lowest BCUT2D eigenvalue weighted by atomic mass is 10.1. The Morgan fingerprint density at radius 1 is 1.44 bits per heavy atom. The fourth-order valence-corrected chi connectivity index (χ4v) is 1.75. The van der Waals surface area contributed by atoms with Gasteiger partial charge in [0.15, 0.2) is 5.82 Å². The number of hydrogen-bond donors (Lipinski definition) is 1. The van der Waals surface area contributed by atoms with Gasteiger partial charge in [0.2, 0.25) is 6.39 Å². The quantitative estimate of drug-likeness (QED) is 0.888. The first-order chi connectivity index (χ1) is 7.77. The fraction of sp³-hybridized carbons (Fsp3) is 0.273. The Labute approximate surface area is 98.6 Å². The molecule has 0 saturated heterocycles. The van der Waals surface area contributed by atoms with E-state index in [1.165, 1.54) is 6.39 Å². The monoisotopic (exact) mass is 237 g/mol. The summed E-state index contributed by atoms with van der Waals surface area (Å²) in [5.41, 5.74) is 1.06. The summed E-state index contributed by atoms with van der Waals surface area (Å²) in [5, 5.41) is 7.76. The van der Waals surface area contributed by atoms with Crippen molar-refractivity contribution < 1.29 is 4.52 Å². The fourth-order valence-electron chi connectivity index (χ4n) is 1.45. The third-order valence-electron chi connectivity index (χ3n) is 2.35. The Hall–Kier alpha value is -1.39. The van der Waals surface area contributed by atoms with Gasteiger partial charge in [0.1, 0.15) is 0 Å². The third kappa shape index (κ3) is 2.59.